The summed E-state index contributed by atoms with van der Waals surface area (Å²) in [6.07, 6.45) is 1.67. The van der Waals surface area contributed by atoms with E-state index in [0.717, 1.165) is 10.9 Å². The molecule has 21 heavy (non-hydrogen) atoms. The van der Waals surface area contributed by atoms with Crippen LogP contribution in [0.1, 0.15) is 28.9 Å². The van der Waals surface area contributed by atoms with E-state index in [1.807, 2.05) is 24.3 Å². The molecule has 3 nitrogen and oxygen atoms in total. The molecule has 0 spiro atoms. The van der Waals surface area contributed by atoms with Gasteiger partial charge in [-0.05, 0) is 19.1 Å². The molecule has 1 unspecified atom stereocenters. The molecule has 0 saturated carbocycles. The van der Waals surface area contributed by atoms with Crippen LogP contribution in [-0.4, -0.2) is 10.9 Å². The van der Waals surface area contributed by atoms with Crippen LogP contribution in [0, 0.1) is 5.82 Å². The molecule has 2 aromatic carbocycles. The summed E-state index contributed by atoms with van der Waals surface area (Å²) >= 11 is 0. The molecule has 2 N–H and O–H groups in total. The number of amides is 1. The second kappa shape index (κ2) is 5.40. The number of aromatic nitrogens is 1. The van der Waals surface area contributed by atoms with Crippen molar-refractivity contribution in [2.45, 2.75) is 13.0 Å². The minimum absolute atomic E-state index is 0.219. The summed E-state index contributed by atoms with van der Waals surface area (Å²) in [6, 6.07) is 13.6. The average Bonchev–Trinajstić information content (AvgIpc) is 2.91. The Morgan fingerprint density at radius 1 is 1.14 bits per heavy atom. The zero-order valence-electron chi connectivity index (χ0n) is 11.6. The predicted octanol–water partition coefficient (Wildman–Crippen LogP) is 3.80. The largest absolute Gasteiger partial charge is 0.360 e. The van der Waals surface area contributed by atoms with Crippen molar-refractivity contribution in [3.63, 3.8) is 0 Å². The molecule has 0 aliphatic heterocycles. The number of carbonyl (C=O) groups excluding carboxylic acids is 1. The van der Waals surface area contributed by atoms with Crippen molar-refractivity contribution in [2.24, 2.45) is 0 Å². The van der Waals surface area contributed by atoms with Gasteiger partial charge in [0.2, 0.25) is 0 Å². The van der Waals surface area contributed by atoms with E-state index in [2.05, 4.69) is 10.3 Å². The molecule has 3 rings (SSSR count). The zero-order valence-corrected chi connectivity index (χ0v) is 11.6. The fraction of sp³-hybridized carbons (Fsp3) is 0.118. The van der Waals surface area contributed by atoms with Crippen molar-refractivity contribution >= 4 is 16.8 Å². The molecule has 3 aromatic rings. The van der Waals surface area contributed by atoms with Crippen LogP contribution in [0.25, 0.3) is 10.9 Å². The Bertz CT molecular complexity index is 794. The standard InChI is InChI=1S/C17H15FN2O/c1-11(12-6-2-4-8-15(12)18)20-17(21)14-10-19-16-9-5-3-7-13(14)16/h2-11,19H,1H3,(H,20,21). The topological polar surface area (TPSA) is 44.9 Å². The van der Waals surface area contributed by atoms with Gasteiger partial charge in [-0.3, -0.25) is 4.79 Å². The lowest BCUT2D eigenvalue weighted by molar-refractivity contribution is 0.0941. The molecule has 1 aromatic heterocycles. The summed E-state index contributed by atoms with van der Waals surface area (Å²) in [5.74, 6) is -0.535. The fourth-order valence-corrected chi connectivity index (χ4v) is 2.44. The third-order valence-corrected chi connectivity index (χ3v) is 3.55. The minimum Gasteiger partial charge on any atom is -0.360 e. The second-order valence-corrected chi connectivity index (χ2v) is 4.96. The Labute approximate surface area is 121 Å². The lowest BCUT2D eigenvalue weighted by atomic mass is 10.1. The molecule has 0 fully saturated rings. The van der Waals surface area contributed by atoms with Gasteiger partial charge in [-0.2, -0.15) is 0 Å². The number of H-pyrrole nitrogens is 1. The van der Waals surface area contributed by atoms with Gasteiger partial charge < -0.3 is 10.3 Å². The summed E-state index contributed by atoms with van der Waals surface area (Å²) in [6.45, 7) is 1.77. The summed E-state index contributed by atoms with van der Waals surface area (Å²) in [7, 11) is 0. The first-order valence-corrected chi connectivity index (χ1v) is 6.78. The van der Waals surface area contributed by atoms with E-state index >= 15 is 0 Å². The number of rotatable bonds is 3. The van der Waals surface area contributed by atoms with Gasteiger partial charge in [0.25, 0.3) is 5.91 Å². The van der Waals surface area contributed by atoms with Gasteiger partial charge in [-0.15, -0.1) is 0 Å². The van der Waals surface area contributed by atoms with Crippen LogP contribution in [0.4, 0.5) is 4.39 Å². The molecule has 0 aliphatic rings. The summed E-state index contributed by atoms with van der Waals surface area (Å²) in [5, 5.41) is 3.69. The monoisotopic (exact) mass is 282 g/mol. The fourth-order valence-electron chi connectivity index (χ4n) is 2.44. The maximum atomic E-state index is 13.7. The van der Waals surface area contributed by atoms with Crippen LogP contribution >= 0.6 is 0 Å². The first kappa shape index (κ1) is 13.4. The van der Waals surface area contributed by atoms with E-state index in [1.54, 1.807) is 31.3 Å². The first-order chi connectivity index (χ1) is 10.2. The zero-order chi connectivity index (χ0) is 14.8. The Balaban J connectivity index is 1.85. The molecular weight excluding hydrogens is 267 g/mol. The summed E-state index contributed by atoms with van der Waals surface area (Å²) in [4.78, 5) is 15.4. The number of para-hydroxylation sites is 1. The van der Waals surface area contributed by atoms with Gasteiger partial charge in [0.15, 0.2) is 0 Å². The van der Waals surface area contributed by atoms with Crippen LogP contribution in [0.2, 0.25) is 0 Å². The van der Waals surface area contributed by atoms with E-state index in [0.29, 0.717) is 11.1 Å². The van der Waals surface area contributed by atoms with E-state index in [4.69, 9.17) is 0 Å². The molecule has 1 amide bonds. The highest BCUT2D eigenvalue weighted by Crippen LogP contribution is 2.20. The van der Waals surface area contributed by atoms with Crippen molar-refractivity contribution in [3.05, 3.63) is 71.7 Å². The van der Waals surface area contributed by atoms with Gasteiger partial charge in [-0.1, -0.05) is 36.4 Å². The van der Waals surface area contributed by atoms with Gasteiger partial charge in [0, 0.05) is 22.7 Å². The number of hydrogen-bond donors (Lipinski definition) is 2. The van der Waals surface area contributed by atoms with Crippen LogP contribution in [0.3, 0.4) is 0 Å². The molecule has 0 saturated heterocycles. The summed E-state index contributed by atoms with van der Waals surface area (Å²) < 4.78 is 13.7. The number of nitrogens with one attached hydrogen (secondary N) is 2. The van der Waals surface area contributed by atoms with Crippen LogP contribution in [0.5, 0.6) is 0 Å². The third kappa shape index (κ3) is 2.52. The quantitative estimate of drug-likeness (QED) is 0.754. The molecule has 0 radical (unpaired) electrons. The first-order valence-electron chi connectivity index (χ1n) is 6.78. The SMILES string of the molecule is CC(NC(=O)c1c[nH]c2ccccc12)c1ccccc1F. The Morgan fingerprint density at radius 3 is 2.67 bits per heavy atom. The molecule has 1 atom stereocenters. The van der Waals surface area contributed by atoms with E-state index in [-0.39, 0.29) is 11.7 Å². The van der Waals surface area contributed by atoms with Gasteiger partial charge in [0.1, 0.15) is 5.82 Å². The number of fused-ring (bicyclic) bond motifs is 1. The van der Waals surface area contributed by atoms with Crippen molar-refractivity contribution in [2.75, 3.05) is 0 Å². The van der Waals surface area contributed by atoms with Crippen LogP contribution in [0.15, 0.2) is 54.7 Å². The Kier molecular flexibility index (Phi) is 3.44. The normalized spacial score (nSPS) is 12.3. The molecular formula is C17H15FN2O. The lowest BCUT2D eigenvalue weighted by Gasteiger charge is -2.14. The number of carbonyl (C=O) groups is 1. The smallest absolute Gasteiger partial charge is 0.253 e. The summed E-state index contributed by atoms with van der Waals surface area (Å²) in [5.41, 5.74) is 1.95. The van der Waals surface area contributed by atoms with E-state index in [9.17, 15) is 9.18 Å². The molecule has 0 bridgehead atoms. The number of benzene rings is 2. The molecule has 106 valence electrons. The van der Waals surface area contributed by atoms with Gasteiger partial charge in [-0.25, -0.2) is 4.39 Å². The van der Waals surface area contributed by atoms with Crippen molar-refractivity contribution in [1.82, 2.24) is 10.3 Å². The number of halogens is 1. The highest BCUT2D eigenvalue weighted by molar-refractivity contribution is 6.06. The third-order valence-electron chi connectivity index (χ3n) is 3.55. The molecule has 4 heteroatoms. The average molecular weight is 282 g/mol. The Hall–Kier alpha value is -2.62. The maximum absolute atomic E-state index is 13.7. The minimum atomic E-state index is -0.396. The maximum Gasteiger partial charge on any atom is 0.253 e. The molecule has 1 heterocycles. The van der Waals surface area contributed by atoms with Gasteiger partial charge in [0.05, 0.1) is 11.6 Å². The van der Waals surface area contributed by atoms with E-state index in [1.165, 1.54) is 6.07 Å². The molecule has 0 aliphatic carbocycles. The van der Waals surface area contributed by atoms with Crippen molar-refractivity contribution in [3.8, 4) is 0 Å². The lowest BCUT2D eigenvalue weighted by Crippen LogP contribution is -2.27. The number of aromatic amines is 1. The predicted molar refractivity (Wildman–Crippen MR) is 80.6 cm³/mol. The van der Waals surface area contributed by atoms with Gasteiger partial charge >= 0.3 is 0 Å². The second-order valence-electron chi connectivity index (χ2n) is 4.96. The van der Waals surface area contributed by atoms with E-state index < -0.39 is 6.04 Å². The van der Waals surface area contributed by atoms with Crippen LogP contribution in [-0.2, 0) is 0 Å². The Morgan fingerprint density at radius 2 is 1.86 bits per heavy atom. The number of hydrogen-bond acceptors (Lipinski definition) is 1. The van der Waals surface area contributed by atoms with Crippen LogP contribution < -0.4 is 5.32 Å². The van der Waals surface area contributed by atoms with Crippen molar-refractivity contribution < 1.29 is 9.18 Å². The van der Waals surface area contributed by atoms with Crippen molar-refractivity contribution in [1.29, 1.82) is 0 Å². The highest BCUT2D eigenvalue weighted by atomic mass is 19.1. The highest BCUT2D eigenvalue weighted by Gasteiger charge is 2.16.